The molecule has 3 rings (SSSR count). The number of carbonyl (C=O) groups is 1. The zero-order chi connectivity index (χ0) is 19.2. The van der Waals surface area contributed by atoms with Crippen molar-refractivity contribution in [3.8, 4) is 0 Å². The van der Waals surface area contributed by atoms with Crippen LogP contribution < -0.4 is 16.4 Å². The number of anilines is 3. The summed E-state index contributed by atoms with van der Waals surface area (Å²) in [7, 11) is 0. The average Bonchev–Trinajstić information content (AvgIpc) is 2.65. The Balaban J connectivity index is 1.52. The number of piperidine rings is 1. The van der Waals surface area contributed by atoms with E-state index in [1.807, 2.05) is 36.4 Å². The van der Waals surface area contributed by atoms with E-state index in [0.717, 1.165) is 37.5 Å². The molecule has 0 atom stereocenters. The largest absolute Gasteiger partial charge is 0.397 e. The molecule has 1 saturated heterocycles. The lowest BCUT2D eigenvalue weighted by atomic mass is 10.0. The first-order valence-electron chi connectivity index (χ1n) is 9.76. The number of nitrogens with two attached hydrogens (primary N) is 1. The maximum Gasteiger partial charge on any atom is 0.255 e. The molecule has 0 radical (unpaired) electrons. The van der Waals surface area contributed by atoms with Gasteiger partial charge in [0, 0.05) is 36.9 Å². The number of nitrogens with zero attached hydrogens (tertiary/aromatic N) is 1. The second-order valence-corrected chi connectivity index (χ2v) is 7.73. The van der Waals surface area contributed by atoms with Gasteiger partial charge in [0.2, 0.25) is 0 Å². The lowest BCUT2D eigenvalue weighted by molar-refractivity contribution is 0.102. The third kappa shape index (κ3) is 5.47. The first-order valence-corrected chi connectivity index (χ1v) is 9.76. The van der Waals surface area contributed by atoms with Gasteiger partial charge in [-0.1, -0.05) is 26.0 Å². The Hall–Kier alpha value is -2.53. The Kier molecular flexibility index (Phi) is 6.35. The van der Waals surface area contributed by atoms with Gasteiger partial charge in [-0.2, -0.15) is 0 Å². The molecule has 0 spiro atoms. The summed E-state index contributed by atoms with van der Waals surface area (Å²) in [5.74, 6) is 0.570. The smallest absolute Gasteiger partial charge is 0.255 e. The van der Waals surface area contributed by atoms with Crippen molar-refractivity contribution in [1.29, 1.82) is 0 Å². The molecule has 1 aliphatic rings. The fourth-order valence-corrected chi connectivity index (χ4v) is 3.54. The predicted molar refractivity (Wildman–Crippen MR) is 113 cm³/mol. The van der Waals surface area contributed by atoms with Crippen LogP contribution >= 0.6 is 0 Å². The van der Waals surface area contributed by atoms with Gasteiger partial charge in [-0.25, -0.2) is 0 Å². The van der Waals surface area contributed by atoms with Gasteiger partial charge in [0.05, 0.1) is 11.4 Å². The number of para-hydroxylation sites is 2. The summed E-state index contributed by atoms with van der Waals surface area (Å²) in [6, 6.07) is 15.4. The van der Waals surface area contributed by atoms with Crippen LogP contribution in [0.15, 0.2) is 48.5 Å². The minimum atomic E-state index is -0.151. The number of amides is 1. The van der Waals surface area contributed by atoms with Crippen LogP contribution in [0.1, 0.15) is 37.0 Å². The lowest BCUT2D eigenvalue weighted by Gasteiger charge is -2.33. The van der Waals surface area contributed by atoms with Crippen molar-refractivity contribution in [2.75, 3.05) is 36.0 Å². The van der Waals surface area contributed by atoms with Crippen molar-refractivity contribution in [1.82, 2.24) is 4.90 Å². The van der Waals surface area contributed by atoms with E-state index in [1.54, 1.807) is 12.1 Å². The van der Waals surface area contributed by atoms with Crippen molar-refractivity contribution >= 4 is 23.0 Å². The van der Waals surface area contributed by atoms with Gasteiger partial charge in [-0.15, -0.1) is 0 Å². The first kappa shape index (κ1) is 19.2. The van der Waals surface area contributed by atoms with E-state index in [4.69, 9.17) is 5.73 Å². The number of rotatable bonds is 6. The number of carbonyl (C=O) groups excluding carboxylic acids is 1. The second-order valence-electron chi connectivity index (χ2n) is 7.73. The molecule has 2 aromatic rings. The topological polar surface area (TPSA) is 70.4 Å². The maximum atomic E-state index is 12.4. The molecule has 1 amide bonds. The third-order valence-corrected chi connectivity index (χ3v) is 4.94. The zero-order valence-corrected chi connectivity index (χ0v) is 16.2. The number of hydrogen-bond acceptors (Lipinski definition) is 4. The molecule has 1 aliphatic heterocycles. The molecule has 4 N–H and O–H groups in total. The van der Waals surface area contributed by atoms with E-state index < -0.39 is 0 Å². The summed E-state index contributed by atoms with van der Waals surface area (Å²) in [5, 5.41) is 6.46. The van der Waals surface area contributed by atoms with Gasteiger partial charge in [0.15, 0.2) is 0 Å². The summed E-state index contributed by atoms with van der Waals surface area (Å²) in [4.78, 5) is 14.9. The molecule has 1 heterocycles. The van der Waals surface area contributed by atoms with Crippen LogP contribution in [0.4, 0.5) is 17.1 Å². The molecule has 0 bridgehead atoms. The van der Waals surface area contributed by atoms with Crippen molar-refractivity contribution in [2.24, 2.45) is 5.92 Å². The molecule has 0 aromatic heterocycles. The second kappa shape index (κ2) is 8.91. The van der Waals surface area contributed by atoms with Gasteiger partial charge >= 0.3 is 0 Å². The van der Waals surface area contributed by atoms with Gasteiger partial charge in [-0.05, 0) is 55.2 Å². The van der Waals surface area contributed by atoms with Crippen LogP contribution in [0.5, 0.6) is 0 Å². The number of likely N-dealkylation sites (tertiary alicyclic amines) is 1. The van der Waals surface area contributed by atoms with Crippen LogP contribution in [-0.4, -0.2) is 36.5 Å². The van der Waals surface area contributed by atoms with Gasteiger partial charge in [0.1, 0.15) is 0 Å². The summed E-state index contributed by atoms with van der Waals surface area (Å²) < 4.78 is 0. The molecular formula is C22H30N4O. The average molecular weight is 367 g/mol. The van der Waals surface area contributed by atoms with E-state index in [-0.39, 0.29) is 5.91 Å². The van der Waals surface area contributed by atoms with E-state index in [0.29, 0.717) is 23.0 Å². The van der Waals surface area contributed by atoms with E-state index >= 15 is 0 Å². The minimum absolute atomic E-state index is 0.151. The number of hydrogen-bond donors (Lipinski definition) is 3. The van der Waals surface area contributed by atoms with Crippen molar-refractivity contribution < 1.29 is 4.79 Å². The van der Waals surface area contributed by atoms with Gasteiger partial charge in [0.25, 0.3) is 5.91 Å². The molecule has 5 nitrogen and oxygen atoms in total. The summed E-state index contributed by atoms with van der Waals surface area (Å²) >= 11 is 0. The Bertz CT molecular complexity index is 749. The monoisotopic (exact) mass is 366 g/mol. The standard InChI is InChI=1S/C22H30N4O/c1-16(2)15-26-13-11-19(12-14-26)24-18-9-7-17(8-10-18)22(27)25-21-6-4-3-5-20(21)23/h3-10,16,19,24H,11-15,23H2,1-2H3,(H,25,27). The molecule has 0 aliphatic carbocycles. The lowest BCUT2D eigenvalue weighted by Crippen LogP contribution is -2.40. The number of benzene rings is 2. The summed E-state index contributed by atoms with van der Waals surface area (Å²) in [5.41, 5.74) is 8.77. The predicted octanol–water partition coefficient (Wildman–Crippen LogP) is 4.05. The van der Waals surface area contributed by atoms with Crippen LogP contribution in [0, 0.1) is 5.92 Å². The molecule has 1 fully saturated rings. The van der Waals surface area contributed by atoms with Crippen LogP contribution in [0.2, 0.25) is 0 Å². The Morgan fingerprint density at radius 1 is 1.11 bits per heavy atom. The Labute approximate surface area is 161 Å². The van der Waals surface area contributed by atoms with Crippen molar-refractivity contribution in [2.45, 2.75) is 32.7 Å². The SMILES string of the molecule is CC(C)CN1CCC(Nc2ccc(C(=O)Nc3ccccc3N)cc2)CC1. The Morgan fingerprint density at radius 2 is 1.78 bits per heavy atom. The highest BCUT2D eigenvalue weighted by atomic mass is 16.1. The summed E-state index contributed by atoms with van der Waals surface area (Å²) in [6.07, 6.45) is 2.31. The highest BCUT2D eigenvalue weighted by Gasteiger charge is 2.19. The molecule has 144 valence electrons. The van der Waals surface area contributed by atoms with Gasteiger partial charge < -0.3 is 21.3 Å². The highest BCUT2D eigenvalue weighted by molar-refractivity contribution is 6.05. The number of nitrogen functional groups attached to an aromatic ring is 1. The van der Waals surface area contributed by atoms with E-state index in [9.17, 15) is 4.79 Å². The maximum absolute atomic E-state index is 12.4. The van der Waals surface area contributed by atoms with E-state index in [2.05, 4.69) is 29.4 Å². The fourth-order valence-electron chi connectivity index (χ4n) is 3.54. The van der Waals surface area contributed by atoms with Crippen molar-refractivity contribution in [3.63, 3.8) is 0 Å². The fraction of sp³-hybridized carbons (Fsp3) is 0.409. The molecule has 5 heteroatoms. The molecular weight excluding hydrogens is 336 g/mol. The van der Waals surface area contributed by atoms with Crippen LogP contribution in [0.3, 0.4) is 0 Å². The zero-order valence-electron chi connectivity index (χ0n) is 16.2. The molecule has 0 saturated carbocycles. The third-order valence-electron chi connectivity index (χ3n) is 4.94. The van der Waals surface area contributed by atoms with E-state index in [1.165, 1.54) is 6.54 Å². The highest BCUT2D eigenvalue weighted by Crippen LogP contribution is 2.20. The van der Waals surface area contributed by atoms with Gasteiger partial charge in [-0.3, -0.25) is 4.79 Å². The normalized spacial score (nSPS) is 15.7. The minimum Gasteiger partial charge on any atom is -0.397 e. The molecule has 27 heavy (non-hydrogen) atoms. The first-order chi connectivity index (χ1) is 13.0. The Morgan fingerprint density at radius 3 is 2.41 bits per heavy atom. The summed E-state index contributed by atoms with van der Waals surface area (Å²) in [6.45, 7) is 8.02. The molecule has 0 unspecified atom stereocenters. The van der Waals surface area contributed by atoms with Crippen LogP contribution in [-0.2, 0) is 0 Å². The van der Waals surface area contributed by atoms with Crippen molar-refractivity contribution in [3.05, 3.63) is 54.1 Å². The quantitative estimate of drug-likeness (QED) is 0.675. The molecule has 2 aromatic carbocycles. The van der Waals surface area contributed by atoms with Crippen LogP contribution in [0.25, 0.3) is 0 Å². The number of nitrogens with one attached hydrogen (secondary N) is 2.